The van der Waals surface area contributed by atoms with E-state index < -0.39 is 5.97 Å². The second-order valence-corrected chi connectivity index (χ2v) is 6.12. The van der Waals surface area contributed by atoms with Gasteiger partial charge in [-0.25, -0.2) is 0 Å². The van der Waals surface area contributed by atoms with Crippen molar-refractivity contribution >= 4 is 11.9 Å². The summed E-state index contributed by atoms with van der Waals surface area (Å²) in [5.41, 5.74) is 1.77. The van der Waals surface area contributed by atoms with Crippen LogP contribution in [-0.2, 0) is 22.6 Å². The number of aliphatic carboxylic acids is 1. The zero-order chi connectivity index (χ0) is 17.6. The number of hydrogen-bond donors (Lipinski definition) is 1. The van der Waals surface area contributed by atoms with Crippen molar-refractivity contribution in [3.8, 4) is 5.75 Å². The maximum absolute atomic E-state index is 12.4. The lowest BCUT2D eigenvalue weighted by Crippen LogP contribution is -2.38. The first-order valence-electron chi connectivity index (χ1n) is 8.24. The van der Waals surface area contributed by atoms with Crippen molar-refractivity contribution in [3.63, 3.8) is 0 Å². The van der Waals surface area contributed by atoms with Gasteiger partial charge in [-0.2, -0.15) is 0 Å². The monoisotopic (exact) mass is 340 g/mol. The van der Waals surface area contributed by atoms with Crippen molar-refractivity contribution in [2.45, 2.75) is 31.9 Å². The molecule has 1 aliphatic rings. The Kier molecular flexibility index (Phi) is 5.28. The van der Waals surface area contributed by atoms with Crippen LogP contribution in [0.4, 0.5) is 0 Å². The maximum Gasteiger partial charge on any atom is 0.323 e. The first-order valence-corrected chi connectivity index (χ1v) is 8.24. The van der Waals surface area contributed by atoms with Crippen LogP contribution in [0.15, 0.2) is 48.8 Å². The fourth-order valence-electron chi connectivity index (χ4n) is 2.62. The average molecular weight is 340 g/mol. The van der Waals surface area contributed by atoms with E-state index in [0.29, 0.717) is 12.4 Å². The first kappa shape index (κ1) is 17.0. The molecule has 1 heterocycles. The molecule has 25 heavy (non-hydrogen) atoms. The van der Waals surface area contributed by atoms with Gasteiger partial charge in [0.1, 0.15) is 18.9 Å². The molecule has 6 nitrogen and oxygen atoms in total. The van der Waals surface area contributed by atoms with E-state index in [9.17, 15) is 9.59 Å². The molecule has 3 rings (SSSR count). The van der Waals surface area contributed by atoms with Gasteiger partial charge in [0.2, 0.25) is 5.91 Å². The lowest BCUT2D eigenvalue weighted by Gasteiger charge is -2.20. The summed E-state index contributed by atoms with van der Waals surface area (Å²) in [7, 11) is 0. The highest BCUT2D eigenvalue weighted by molar-refractivity contribution is 5.83. The number of rotatable bonds is 8. The zero-order valence-electron chi connectivity index (χ0n) is 13.8. The Morgan fingerprint density at radius 3 is 2.68 bits per heavy atom. The van der Waals surface area contributed by atoms with Crippen LogP contribution in [0, 0.1) is 0 Å². The molecule has 1 saturated carbocycles. The fraction of sp³-hybridized carbons (Fsp3) is 0.316. The fourth-order valence-corrected chi connectivity index (χ4v) is 2.62. The SMILES string of the molecule is O=C(O)CN(C(=O)Cc1cccc(OCc2cccnc2)c1)C1CC1. The van der Waals surface area contributed by atoms with Gasteiger partial charge >= 0.3 is 5.97 Å². The third-order valence-corrected chi connectivity index (χ3v) is 4.00. The molecule has 2 aromatic rings. The molecular weight excluding hydrogens is 320 g/mol. The van der Waals surface area contributed by atoms with Crippen molar-refractivity contribution < 1.29 is 19.4 Å². The van der Waals surface area contributed by atoms with Crippen LogP contribution in [0.5, 0.6) is 5.75 Å². The van der Waals surface area contributed by atoms with Gasteiger partial charge in [-0.3, -0.25) is 14.6 Å². The summed E-state index contributed by atoms with van der Waals surface area (Å²) in [5.74, 6) is -0.464. The van der Waals surface area contributed by atoms with Crippen LogP contribution >= 0.6 is 0 Å². The lowest BCUT2D eigenvalue weighted by atomic mass is 10.1. The molecule has 1 fully saturated rings. The molecule has 0 bridgehead atoms. The summed E-state index contributed by atoms with van der Waals surface area (Å²) in [4.78, 5) is 28.9. The quantitative estimate of drug-likeness (QED) is 0.797. The molecular formula is C19H20N2O4. The summed E-state index contributed by atoms with van der Waals surface area (Å²) >= 11 is 0. The number of carboxylic acids is 1. The van der Waals surface area contributed by atoms with Crippen molar-refractivity contribution in [1.29, 1.82) is 0 Å². The van der Waals surface area contributed by atoms with E-state index in [2.05, 4.69) is 4.98 Å². The van der Waals surface area contributed by atoms with Crippen molar-refractivity contribution in [2.24, 2.45) is 0 Å². The topological polar surface area (TPSA) is 79.7 Å². The molecule has 0 radical (unpaired) electrons. The summed E-state index contributed by atoms with van der Waals surface area (Å²) in [6, 6.07) is 11.2. The summed E-state index contributed by atoms with van der Waals surface area (Å²) in [6.07, 6.45) is 5.39. The van der Waals surface area contributed by atoms with Gasteiger partial charge in [-0.1, -0.05) is 18.2 Å². The Hall–Kier alpha value is -2.89. The molecule has 1 aromatic carbocycles. The number of hydrogen-bond acceptors (Lipinski definition) is 4. The van der Waals surface area contributed by atoms with Crippen LogP contribution in [0.1, 0.15) is 24.0 Å². The van der Waals surface area contributed by atoms with E-state index >= 15 is 0 Å². The summed E-state index contributed by atoms with van der Waals surface area (Å²) in [6.45, 7) is 0.166. The van der Waals surface area contributed by atoms with Gasteiger partial charge in [0, 0.05) is 24.0 Å². The molecule has 130 valence electrons. The van der Waals surface area contributed by atoms with E-state index in [0.717, 1.165) is 24.0 Å². The molecule has 1 aromatic heterocycles. The van der Waals surface area contributed by atoms with E-state index in [4.69, 9.17) is 9.84 Å². The second kappa shape index (κ2) is 7.79. The Morgan fingerprint density at radius 2 is 2.00 bits per heavy atom. The highest BCUT2D eigenvalue weighted by atomic mass is 16.5. The zero-order valence-corrected chi connectivity index (χ0v) is 13.8. The van der Waals surface area contributed by atoms with Crippen LogP contribution in [0.3, 0.4) is 0 Å². The molecule has 0 spiro atoms. The third kappa shape index (κ3) is 5.04. The minimum atomic E-state index is -0.978. The minimum absolute atomic E-state index is 0.0774. The van der Waals surface area contributed by atoms with Gasteiger partial charge in [-0.05, 0) is 36.6 Å². The van der Waals surface area contributed by atoms with E-state index in [-0.39, 0.29) is 24.9 Å². The van der Waals surface area contributed by atoms with E-state index in [1.165, 1.54) is 4.90 Å². The molecule has 6 heteroatoms. The Morgan fingerprint density at radius 1 is 1.20 bits per heavy atom. The number of pyridine rings is 1. The Balaban J connectivity index is 1.60. The summed E-state index contributed by atoms with van der Waals surface area (Å²) in [5, 5.41) is 8.98. The van der Waals surface area contributed by atoms with Crippen molar-refractivity contribution in [2.75, 3.05) is 6.54 Å². The normalized spacial score (nSPS) is 13.3. The predicted octanol–water partition coefficient (Wildman–Crippen LogP) is 2.28. The highest BCUT2D eigenvalue weighted by Crippen LogP contribution is 2.27. The molecule has 0 atom stereocenters. The Labute approximate surface area is 146 Å². The van der Waals surface area contributed by atoms with Gasteiger partial charge in [0.25, 0.3) is 0 Å². The number of carbonyl (C=O) groups is 2. The van der Waals surface area contributed by atoms with E-state index in [1.807, 2.05) is 36.4 Å². The standard InChI is InChI=1S/C19H20N2O4/c22-18(21(12-19(23)24)16-6-7-16)10-14-3-1-5-17(9-14)25-13-15-4-2-8-20-11-15/h1-5,8-9,11,16H,6-7,10,12-13H2,(H,23,24). The minimum Gasteiger partial charge on any atom is -0.489 e. The number of amides is 1. The smallest absolute Gasteiger partial charge is 0.323 e. The number of ether oxygens (including phenoxy) is 1. The van der Waals surface area contributed by atoms with Gasteiger partial charge in [0.05, 0.1) is 6.42 Å². The molecule has 1 amide bonds. The number of aromatic nitrogens is 1. The van der Waals surface area contributed by atoms with Crippen LogP contribution < -0.4 is 4.74 Å². The van der Waals surface area contributed by atoms with Crippen LogP contribution in [0.25, 0.3) is 0 Å². The molecule has 1 N–H and O–H groups in total. The van der Waals surface area contributed by atoms with Crippen molar-refractivity contribution in [1.82, 2.24) is 9.88 Å². The first-order chi connectivity index (χ1) is 12.1. The van der Waals surface area contributed by atoms with Crippen molar-refractivity contribution in [3.05, 3.63) is 59.9 Å². The maximum atomic E-state index is 12.4. The largest absolute Gasteiger partial charge is 0.489 e. The van der Waals surface area contributed by atoms with Gasteiger partial charge in [0.15, 0.2) is 0 Å². The molecule has 0 unspecified atom stereocenters. The highest BCUT2D eigenvalue weighted by Gasteiger charge is 2.33. The molecule has 1 aliphatic carbocycles. The van der Waals surface area contributed by atoms with E-state index in [1.54, 1.807) is 12.4 Å². The van der Waals surface area contributed by atoms with Gasteiger partial charge in [-0.15, -0.1) is 0 Å². The summed E-state index contributed by atoms with van der Waals surface area (Å²) < 4.78 is 5.74. The number of carboxylic acid groups (broad SMARTS) is 1. The number of carbonyl (C=O) groups excluding carboxylic acids is 1. The lowest BCUT2D eigenvalue weighted by molar-refractivity contribution is -0.144. The Bertz CT molecular complexity index is 744. The second-order valence-electron chi connectivity index (χ2n) is 6.12. The number of benzene rings is 1. The predicted molar refractivity (Wildman–Crippen MR) is 91.1 cm³/mol. The van der Waals surface area contributed by atoms with Gasteiger partial charge < -0.3 is 14.7 Å². The number of nitrogens with zero attached hydrogens (tertiary/aromatic N) is 2. The molecule has 0 saturated heterocycles. The third-order valence-electron chi connectivity index (χ3n) is 4.00. The molecule has 0 aliphatic heterocycles. The van der Waals surface area contributed by atoms with Crippen LogP contribution in [0.2, 0.25) is 0 Å². The van der Waals surface area contributed by atoms with Crippen LogP contribution in [-0.4, -0.2) is 39.5 Å². The average Bonchev–Trinajstić information content (AvgIpc) is 3.44.